The third kappa shape index (κ3) is 3.45. The number of nitrogen functional groups attached to an aromatic ring is 1. The fourth-order valence-electron chi connectivity index (χ4n) is 4.15. The number of ether oxygens (including phenoxy) is 3. The molecule has 1 unspecified atom stereocenters. The van der Waals surface area contributed by atoms with E-state index in [1.54, 1.807) is 33.5 Å². The lowest BCUT2D eigenvalue weighted by Gasteiger charge is -2.28. The number of benzene rings is 1. The van der Waals surface area contributed by atoms with Gasteiger partial charge in [0.15, 0.2) is 0 Å². The van der Waals surface area contributed by atoms with Crippen LogP contribution >= 0.6 is 0 Å². The molecular formula is C22H27N3O3. The van der Waals surface area contributed by atoms with E-state index in [1.807, 2.05) is 0 Å². The molecular weight excluding hydrogens is 354 g/mol. The molecule has 0 aliphatic heterocycles. The van der Waals surface area contributed by atoms with Gasteiger partial charge in [-0.15, -0.1) is 0 Å². The van der Waals surface area contributed by atoms with Crippen molar-refractivity contribution in [2.75, 3.05) is 27.1 Å². The summed E-state index contributed by atoms with van der Waals surface area (Å²) in [6, 6.07) is 5.86. The van der Waals surface area contributed by atoms with Crippen LogP contribution in [0.2, 0.25) is 0 Å². The molecule has 1 aliphatic rings. The summed E-state index contributed by atoms with van der Waals surface area (Å²) in [5, 5.41) is 9.88. The van der Waals surface area contributed by atoms with E-state index in [4.69, 9.17) is 19.9 Å². The summed E-state index contributed by atoms with van der Waals surface area (Å²) < 4.78 is 16.7. The van der Waals surface area contributed by atoms with Crippen LogP contribution in [0.5, 0.6) is 17.2 Å². The minimum Gasteiger partial charge on any atom is -0.496 e. The summed E-state index contributed by atoms with van der Waals surface area (Å²) in [7, 11) is 4.79. The number of methoxy groups -OCH3 is 3. The second-order valence-corrected chi connectivity index (χ2v) is 7.09. The highest BCUT2D eigenvalue weighted by Gasteiger charge is 2.29. The highest BCUT2D eigenvalue weighted by molar-refractivity contribution is 5.87. The van der Waals surface area contributed by atoms with Crippen LogP contribution in [0.3, 0.4) is 0 Å². The van der Waals surface area contributed by atoms with Crippen LogP contribution in [-0.4, -0.2) is 26.3 Å². The Morgan fingerprint density at radius 1 is 1.14 bits per heavy atom. The van der Waals surface area contributed by atoms with E-state index in [-0.39, 0.29) is 5.82 Å². The predicted octanol–water partition coefficient (Wildman–Crippen LogP) is 4.13. The van der Waals surface area contributed by atoms with Crippen LogP contribution in [0.25, 0.3) is 11.1 Å². The Morgan fingerprint density at radius 3 is 2.36 bits per heavy atom. The van der Waals surface area contributed by atoms with Gasteiger partial charge in [-0.25, -0.2) is 4.98 Å². The van der Waals surface area contributed by atoms with Gasteiger partial charge in [-0.2, -0.15) is 5.26 Å². The first-order chi connectivity index (χ1) is 13.6. The molecule has 2 aromatic rings. The molecule has 1 aromatic heterocycles. The Hall–Kier alpha value is -2.94. The first-order valence-electron chi connectivity index (χ1n) is 9.59. The fourth-order valence-corrected chi connectivity index (χ4v) is 4.15. The van der Waals surface area contributed by atoms with E-state index in [1.165, 1.54) is 0 Å². The van der Waals surface area contributed by atoms with Crippen molar-refractivity contribution in [3.05, 3.63) is 29.0 Å². The molecule has 148 valence electrons. The van der Waals surface area contributed by atoms with Crippen molar-refractivity contribution >= 4 is 5.82 Å². The average molecular weight is 381 g/mol. The number of anilines is 1. The Morgan fingerprint density at radius 2 is 1.82 bits per heavy atom. The SMILES string of the molecule is CCCC1CCc2nc(N)c(C#N)c(-c3c(OC)cc(OC)cc3OC)c2C1. The minimum absolute atomic E-state index is 0.255. The molecule has 1 aromatic carbocycles. The fraction of sp³-hybridized carbons (Fsp3) is 0.455. The standard InChI is InChI=1S/C22H27N3O3/c1-5-6-13-7-8-17-15(9-13)20(16(12-23)22(24)25-17)21-18(27-3)10-14(26-2)11-19(21)28-4/h10-11,13H,5-9H2,1-4H3,(H2,24,25). The van der Waals surface area contributed by atoms with Gasteiger partial charge in [0.05, 0.1) is 26.9 Å². The second kappa shape index (κ2) is 8.39. The first kappa shape index (κ1) is 19.8. The molecule has 0 saturated carbocycles. The van der Waals surface area contributed by atoms with Gasteiger partial charge < -0.3 is 19.9 Å². The molecule has 6 nitrogen and oxygen atoms in total. The zero-order valence-corrected chi connectivity index (χ0v) is 17.0. The number of nitrogens with zero attached hydrogens (tertiary/aromatic N) is 2. The molecule has 6 heteroatoms. The number of rotatable bonds is 6. The van der Waals surface area contributed by atoms with E-state index in [9.17, 15) is 5.26 Å². The van der Waals surface area contributed by atoms with E-state index in [2.05, 4.69) is 18.0 Å². The van der Waals surface area contributed by atoms with Crippen LogP contribution in [0.15, 0.2) is 12.1 Å². The quantitative estimate of drug-likeness (QED) is 0.809. The van der Waals surface area contributed by atoms with Crippen molar-refractivity contribution in [3.8, 4) is 34.4 Å². The first-order valence-corrected chi connectivity index (χ1v) is 9.59. The third-order valence-corrected chi connectivity index (χ3v) is 5.47. The second-order valence-electron chi connectivity index (χ2n) is 7.09. The number of nitriles is 1. The summed E-state index contributed by atoms with van der Waals surface area (Å²) in [5.74, 6) is 2.61. The van der Waals surface area contributed by atoms with Crippen LogP contribution in [0.1, 0.15) is 43.0 Å². The molecule has 0 fully saturated rings. The van der Waals surface area contributed by atoms with Gasteiger partial charge >= 0.3 is 0 Å². The topological polar surface area (TPSA) is 90.4 Å². The molecule has 0 radical (unpaired) electrons. The lowest BCUT2D eigenvalue weighted by molar-refractivity contribution is 0.377. The lowest BCUT2D eigenvalue weighted by Crippen LogP contribution is -2.19. The molecule has 28 heavy (non-hydrogen) atoms. The maximum atomic E-state index is 9.88. The van der Waals surface area contributed by atoms with Gasteiger partial charge in [-0.3, -0.25) is 0 Å². The highest BCUT2D eigenvalue weighted by atomic mass is 16.5. The van der Waals surface area contributed by atoms with Crippen LogP contribution in [-0.2, 0) is 12.8 Å². The van der Waals surface area contributed by atoms with Crippen molar-refractivity contribution in [1.82, 2.24) is 4.98 Å². The number of pyridine rings is 1. The van der Waals surface area contributed by atoms with E-state index in [0.717, 1.165) is 54.5 Å². The minimum atomic E-state index is 0.255. The van der Waals surface area contributed by atoms with Gasteiger partial charge in [0.25, 0.3) is 0 Å². The third-order valence-electron chi connectivity index (χ3n) is 5.47. The van der Waals surface area contributed by atoms with Gasteiger partial charge in [0.1, 0.15) is 34.7 Å². The monoisotopic (exact) mass is 381 g/mol. The Bertz CT molecular complexity index is 893. The maximum absolute atomic E-state index is 9.88. The van der Waals surface area contributed by atoms with Crippen molar-refractivity contribution in [2.24, 2.45) is 5.92 Å². The van der Waals surface area contributed by atoms with Gasteiger partial charge in [0, 0.05) is 23.4 Å². The van der Waals surface area contributed by atoms with Crippen LogP contribution in [0, 0.1) is 17.2 Å². The van der Waals surface area contributed by atoms with Crippen molar-refractivity contribution in [1.29, 1.82) is 5.26 Å². The summed E-state index contributed by atoms with van der Waals surface area (Å²) in [6.07, 6.45) is 5.12. The van der Waals surface area contributed by atoms with E-state index < -0.39 is 0 Å². The zero-order valence-electron chi connectivity index (χ0n) is 17.0. The predicted molar refractivity (Wildman–Crippen MR) is 109 cm³/mol. The number of aryl methyl sites for hydroxylation is 1. The zero-order chi connectivity index (χ0) is 20.3. The Kier molecular flexibility index (Phi) is 5.93. The van der Waals surface area contributed by atoms with Crippen molar-refractivity contribution in [2.45, 2.75) is 39.0 Å². The summed E-state index contributed by atoms with van der Waals surface area (Å²) >= 11 is 0. The van der Waals surface area contributed by atoms with Crippen LogP contribution < -0.4 is 19.9 Å². The molecule has 0 spiro atoms. The molecule has 0 bridgehead atoms. The molecule has 3 rings (SSSR count). The number of hydrogen-bond acceptors (Lipinski definition) is 6. The smallest absolute Gasteiger partial charge is 0.142 e. The van der Waals surface area contributed by atoms with Crippen molar-refractivity contribution in [3.63, 3.8) is 0 Å². The molecule has 0 saturated heterocycles. The van der Waals surface area contributed by atoms with E-state index in [0.29, 0.717) is 28.7 Å². The maximum Gasteiger partial charge on any atom is 0.142 e. The lowest BCUT2D eigenvalue weighted by atomic mass is 9.79. The molecule has 1 aliphatic carbocycles. The Labute approximate surface area is 166 Å². The molecule has 1 heterocycles. The molecule has 1 atom stereocenters. The largest absolute Gasteiger partial charge is 0.496 e. The number of fused-ring (bicyclic) bond motifs is 1. The number of nitrogens with two attached hydrogens (primary N) is 1. The van der Waals surface area contributed by atoms with Crippen molar-refractivity contribution < 1.29 is 14.2 Å². The van der Waals surface area contributed by atoms with Gasteiger partial charge in [0.2, 0.25) is 0 Å². The van der Waals surface area contributed by atoms with Crippen LogP contribution in [0.4, 0.5) is 5.82 Å². The van der Waals surface area contributed by atoms with Gasteiger partial charge in [-0.05, 0) is 30.7 Å². The summed E-state index contributed by atoms with van der Waals surface area (Å²) in [6.45, 7) is 2.20. The molecule has 2 N–H and O–H groups in total. The average Bonchev–Trinajstić information content (AvgIpc) is 2.72. The van der Waals surface area contributed by atoms with E-state index >= 15 is 0 Å². The number of hydrogen-bond donors (Lipinski definition) is 1. The Balaban J connectivity index is 2.33. The highest BCUT2D eigenvalue weighted by Crippen LogP contribution is 2.47. The van der Waals surface area contributed by atoms with Gasteiger partial charge in [-0.1, -0.05) is 19.8 Å². The molecule has 0 amide bonds. The number of aromatic nitrogens is 1. The normalized spacial score (nSPS) is 15.5. The summed E-state index contributed by atoms with van der Waals surface area (Å²) in [4.78, 5) is 4.56. The summed E-state index contributed by atoms with van der Waals surface area (Å²) in [5.41, 5.74) is 10.1.